The van der Waals surface area contributed by atoms with E-state index in [1.165, 1.54) is 4.90 Å². The first-order valence-electron chi connectivity index (χ1n) is 8.74. The lowest BCUT2D eigenvalue weighted by Crippen LogP contribution is -2.42. The number of carbonyl (C=O) groups excluding carboxylic acids is 3. The van der Waals surface area contributed by atoms with Crippen molar-refractivity contribution in [1.29, 1.82) is 0 Å². The van der Waals surface area contributed by atoms with Crippen molar-refractivity contribution in [2.24, 2.45) is 7.05 Å². The van der Waals surface area contributed by atoms with E-state index in [9.17, 15) is 14.4 Å². The number of nitrogens with one attached hydrogen (secondary N) is 1. The second kappa shape index (κ2) is 7.20. The van der Waals surface area contributed by atoms with Crippen LogP contribution < -0.4 is 5.32 Å². The molecule has 1 N–H and O–H groups in total. The first kappa shape index (κ1) is 17.4. The average molecular weight is 348 g/mol. The molecule has 2 saturated heterocycles. The number of likely N-dealkylation sites (tertiary alicyclic amines) is 1. The summed E-state index contributed by atoms with van der Waals surface area (Å²) < 4.78 is 1.91. The topological polar surface area (TPSA) is 100 Å². The van der Waals surface area contributed by atoms with Gasteiger partial charge in [0.05, 0.1) is 6.42 Å². The number of urea groups is 1. The smallest absolute Gasteiger partial charge is 0.324 e. The standard InChI is InChI=1S/C16H24N6O3/c1-3-6-22-15(24)12(18-16(22)25)9-13(23)21-7-4-11(5-8-21)14-19-17-10-20(14)2/h10-12H,3-9H2,1-2H3,(H,18,25). The molecule has 1 aromatic rings. The molecule has 0 saturated carbocycles. The molecule has 1 unspecified atom stereocenters. The summed E-state index contributed by atoms with van der Waals surface area (Å²) in [5.41, 5.74) is 0. The number of aryl methyl sites for hydroxylation is 1. The van der Waals surface area contributed by atoms with E-state index in [4.69, 9.17) is 0 Å². The highest BCUT2D eigenvalue weighted by Gasteiger charge is 2.39. The number of rotatable bonds is 5. The number of carbonyl (C=O) groups is 3. The average Bonchev–Trinajstić information content (AvgIpc) is 3.14. The number of hydrogen-bond donors (Lipinski definition) is 1. The number of amides is 4. The first-order chi connectivity index (χ1) is 12.0. The summed E-state index contributed by atoms with van der Waals surface area (Å²) >= 11 is 0. The molecule has 3 rings (SSSR count). The zero-order valence-corrected chi connectivity index (χ0v) is 14.6. The highest BCUT2D eigenvalue weighted by Crippen LogP contribution is 2.26. The van der Waals surface area contributed by atoms with Gasteiger partial charge >= 0.3 is 6.03 Å². The summed E-state index contributed by atoms with van der Waals surface area (Å²) in [5, 5.41) is 10.7. The molecule has 3 heterocycles. The number of hydrogen-bond acceptors (Lipinski definition) is 5. The van der Waals surface area contributed by atoms with Gasteiger partial charge in [0, 0.05) is 32.6 Å². The molecule has 0 radical (unpaired) electrons. The molecular weight excluding hydrogens is 324 g/mol. The molecule has 2 aliphatic heterocycles. The summed E-state index contributed by atoms with van der Waals surface area (Å²) in [6.07, 6.45) is 4.06. The second-order valence-electron chi connectivity index (χ2n) is 6.65. The predicted octanol–water partition coefficient (Wildman–Crippen LogP) is 0.242. The minimum absolute atomic E-state index is 0.0272. The summed E-state index contributed by atoms with van der Waals surface area (Å²) in [4.78, 5) is 39.5. The van der Waals surface area contributed by atoms with Gasteiger partial charge in [-0.05, 0) is 19.3 Å². The molecule has 0 aromatic carbocycles. The van der Waals surface area contributed by atoms with Crippen LogP contribution in [0.5, 0.6) is 0 Å². The third-order valence-corrected chi connectivity index (χ3v) is 4.89. The Labute approximate surface area is 146 Å². The predicted molar refractivity (Wildman–Crippen MR) is 88.5 cm³/mol. The van der Waals surface area contributed by atoms with Crippen molar-refractivity contribution in [2.45, 2.75) is 44.6 Å². The van der Waals surface area contributed by atoms with Crippen LogP contribution in [0, 0.1) is 0 Å². The van der Waals surface area contributed by atoms with Crippen molar-refractivity contribution in [3.8, 4) is 0 Å². The summed E-state index contributed by atoms with van der Waals surface area (Å²) in [7, 11) is 1.92. The lowest BCUT2D eigenvalue weighted by molar-refractivity contribution is -0.136. The Hall–Kier alpha value is -2.45. The maximum Gasteiger partial charge on any atom is 0.324 e. The Bertz CT molecular complexity index is 665. The SMILES string of the molecule is CCCN1C(=O)NC(CC(=O)N2CCC(c3nncn3C)CC2)C1=O. The van der Waals surface area contributed by atoms with Crippen LogP contribution in [-0.4, -0.2) is 68.1 Å². The van der Waals surface area contributed by atoms with Crippen LogP contribution in [0.25, 0.3) is 0 Å². The van der Waals surface area contributed by atoms with Gasteiger partial charge in [-0.3, -0.25) is 14.5 Å². The van der Waals surface area contributed by atoms with Crippen LogP contribution >= 0.6 is 0 Å². The molecular formula is C16H24N6O3. The Morgan fingerprint density at radius 2 is 2.04 bits per heavy atom. The van der Waals surface area contributed by atoms with Gasteiger partial charge in [-0.25, -0.2) is 4.79 Å². The highest BCUT2D eigenvalue weighted by atomic mass is 16.2. The minimum atomic E-state index is -0.733. The van der Waals surface area contributed by atoms with Crippen molar-refractivity contribution in [3.63, 3.8) is 0 Å². The molecule has 2 aliphatic rings. The van der Waals surface area contributed by atoms with Crippen molar-refractivity contribution in [1.82, 2.24) is 29.9 Å². The minimum Gasteiger partial charge on any atom is -0.343 e. The summed E-state index contributed by atoms with van der Waals surface area (Å²) in [6, 6.07) is -1.13. The molecule has 136 valence electrons. The molecule has 4 amide bonds. The fourth-order valence-corrected chi connectivity index (χ4v) is 3.50. The second-order valence-corrected chi connectivity index (χ2v) is 6.65. The largest absolute Gasteiger partial charge is 0.343 e. The van der Waals surface area contributed by atoms with E-state index in [-0.39, 0.29) is 18.2 Å². The third kappa shape index (κ3) is 3.49. The lowest BCUT2D eigenvalue weighted by Gasteiger charge is -2.32. The van der Waals surface area contributed by atoms with Gasteiger partial charge in [-0.15, -0.1) is 10.2 Å². The maximum atomic E-state index is 12.5. The molecule has 0 spiro atoms. The van der Waals surface area contributed by atoms with Crippen molar-refractivity contribution in [2.75, 3.05) is 19.6 Å². The van der Waals surface area contributed by atoms with Gasteiger partial charge in [0.25, 0.3) is 5.91 Å². The molecule has 0 aliphatic carbocycles. The van der Waals surface area contributed by atoms with Gasteiger partial charge in [0.15, 0.2) is 0 Å². The number of imide groups is 1. The van der Waals surface area contributed by atoms with E-state index < -0.39 is 12.1 Å². The number of piperidine rings is 1. The quantitative estimate of drug-likeness (QED) is 0.769. The number of nitrogens with zero attached hydrogens (tertiary/aromatic N) is 5. The molecule has 1 aromatic heterocycles. The van der Waals surface area contributed by atoms with Gasteiger partial charge < -0.3 is 14.8 Å². The van der Waals surface area contributed by atoms with Crippen LogP contribution in [-0.2, 0) is 16.6 Å². The van der Waals surface area contributed by atoms with E-state index in [2.05, 4.69) is 15.5 Å². The Balaban J connectivity index is 1.52. The normalized spacial score (nSPS) is 21.8. The van der Waals surface area contributed by atoms with Crippen LogP contribution in [0.4, 0.5) is 4.79 Å². The van der Waals surface area contributed by atoms with E-state index in [1.807, 2.05) is 18.5 Å². The van der Waals surface area contributed by atoms with Crippen LogP contribution in [0.3, 0.4) is 0 Å². The van der Waals surface area contributed by atoms with Crippen molar-refractivity contribution in [3.05, 3.63) is 12.2 Å². The number of aromatic nitrogens is 3. The third-order valence-electron chi connectivity index (χ3n) is 4.89. The molecule has 25 heavy (non-hydrogen) atoms. The first-order valence-corrected chi connectivity index (χ1v) is 8.74. The summed E-state index contributed by atoms with van der Waals surface area (Å²) in [5.74, 6) is 0.854. The zero-order valence-electron chi connectivity index (χ0n) is 14.6. The molecule has 1 atom stereocenters. The monoisotopic (exact) mass is 348 g/mol. The Morgan fingerprint density at radius 1 is 1.32 bits per heavy atom. The fraction of sp³-hybridized carbons (Fsp3) is 0.688. The van der Waals surface area contributed by atoms with E-state index >= 15 is 0 Å². The van der Waals surface area contributed by atoms with Gasteiger partial charge in [0.2, 0.25) is 5.91 Å². The Kier molecular flexibility index (Phi) is 5.00. The van der Waals surface area contributed by atoms with Crippen LogP contribution in [0.2, 0.25) is 0 Å². The molecule has 9 heteroatoms. The van der Waals surface area contributed by atoms with E-state index in [1.54, 1.807) is 11.2 Å². The van der Waals surface area contributed by atoms with Crippen LogP contribution in [0.1, 0.15) is 44.3 Å². The summed E-state index contributed by atoms with van der Waals surface area (Å²) in [6.45, 7) is 3.55. The lowest BCUT2D eigenvalue weighted by atomic mass is 9.95. The molecule has 0 bridgehead atoms. The van der Waals surface area contributed by atoms with Gasteiger partial charge in [-0.2, -0.15) is 0 Å². The molecule has 2 fully saturated rings. The van der Waals surface area contributed by atoms with Gasteiger partial charge in [0.1, 0.15) is 18.2 Å². The van der Waals surface area contributed by atoms with Crippen molar-refractivity contribution < 1.29 is 14.4 Å². The van der Waals surface area contributed by atoms with E-state index in [0.717, 1.165) is 18.7 Å². The Morgan fingerprint density at radius 3 is 2.64 bits per heavy atom. The molecule has 9 nitrogen and oxygen atoms in total. The highest BCUT2D eigenvalue weighted by molar-refractivity contribution is 6.05. The van der Waals surface area contributed by atoms with Crippen LogP contribution in [0.15, 0.2) is 6.33 Å². The fourth-order valence-electron chi connectivity index (χ4n) is 3.50. The van der Waals surface area contributed by atoms with Gasteiger partial charge in [-0.1, -0.05) is 6.92 Å². The van der Waals surface area contributed by atoms with E-state index in [0.29, 0.717) is 32.0 Å². The maximum absolute atomic E-state index is 12.5. The zero-order chi connectivity index (χ0) is 18.0. The van der Waals surface area contributed by atoms with Crippen molar-refractivity contribution >= 4 is 17.8 Å².